The van der Waals surface area contributed by atoms with Gasteiger partial charge in [-0.1, -0.05) is 0 Å². The Morgan fingerprint density at radius 3 is 2.27 bits per heavy atom. The Morgan fingerprint density at radius 1 is 1.03 bits per heavy atom. The van der Waals surface area contributed by atoms with Crippen molar-refractivity contribution in [3.8, 4) is 0 Å². The molecule has 0 spiro atoms. The summed E-state index contributed by atoms with van der Waals surface area (Å²) in [6.45, 7) is 7.09. The molecular weight excluding hydrogens is 484 g/mol. The van der Waals surface area contributed by atoms with Crippen molar-refractivity contribution in [1.82, 2.24) is 9.80 Å². The number of rotatable bonds is 4. The average molecular weight is 522 g/mol. The van der Waals surface area contributed by atoms with Crippen molar-refractivity contribution in [3.63, 3.8) is 0 Å². The van der Waals surface area contributed by atoms with Crippen LogP contribution in [0, 0.1) is 11.6 Å². The maximum atomic E-state index is 14.8. The van der Waals surface area contributed by atoms with Gasteiger partial charge in [0, 0.05) is 32.0 Å². The number of nitrogens with one attached hydrogen (secondary N) is 1. The fraction of sp³-hybridized carbons (Fsp3) is 0.630. The van der Waals surface area contributed by atoms with Gasteiger partial charge in [-0.25, -0.2) is 18.4 Å². The van der Waals surface area contributed by atoms with Crippen molar-refractivity contribution in [2.75, 3.05) is 31.5 Å². The van der Waals surface area contributed by atoms with Crippen molar-refractivity contribution in [3.05, 3.63) is 41.2 Å². The molecule has 0 bridgehead atoms. The maximum absolute atomic E-state index is 14.8. The molecule has 2 N–H and O–H groups in total. The second-order valence-electron chi connectivity index (χ2n) is 11.2. The standard InChI is InChI=1S/C27H37F2N3O5/c1-27(2,3)37-26(35)31-10-8-20(9-11-31)36-16-17-4-6-18(7-5-17)21-12-23(29)24(13-22(21)28)30-25(34)32-14-19(33)15-32/h12-13,16,18-20,33H,4-11,14-15H2,1-3H3,(H,30,34). The molecule has 0 radical (unpaired) electrons. The van der Waals surface area contributed by atoms with Gasteiger partial charge in [-0.3, -0.25) is 0 Å². The van der Waals surface area contributed by atoms with Crippen LogP contribution in [0.5, 0.6) is 0 Å². The smallest absolute Gasteiger partial charge is 0.410 e. The van der Waals surface area contributed by atoms with Crippen LogP contribution >= 0.6 is 0 Å². The molecule has 4 rings (SSSR count). The molecule has 0 aromatic heterocycles. The Hall–Kier alpha value is -2.88. The lowest BCUT2D eigenvalue weighted by atomic mass is 9.81. The number of hydrogen-bond donors (Lipinski definition) is 2. The van der Waals surface area contributed by atoms with Gasteiger partial charge in [-0.15, -0.1) is 0 Å². The number of ether oxygens (including phenoxy) is 2. The molecule has 2 saturated heterocycles. The van der Waals surface area contributed by atoms with Crippen molar-refractivity contribution in [2.45, 2.75) is 83.0 Å². The van der Waals surface area contributed by atoms with Crippen molar-refractivity contribution < 1.29 is 33.0 Å². The molecule has 3 fully saturated rings. The van der Waals surface area contributed by atoms with Crippen molar-refractivity contribution >= 4 is 17.8 Å². The van der Waals surface area contributed by atoms with Gasteiger partial charge in [0.2, 0.25) is 0 Å². The van der Waals surface area contributed by atoms with Crippen LogP contribution in [0.1, 0.15) is 70.8 Å². The molecule has 1 aromatic carbocycles. The van der Waals surface area contributed by atoms with Gasteiger partial charge < -0.3 is 29.7 Å². The number of aliphatic hydroxyl groups excluding tert-OH is 1. The molecule has 1 saturated carbocycles. The number of piperidine rings is 1. The molecule has 1 aromatic rings. The summed E-state index contributed by atoms with van der Waals surface area (Å²) in [4.78, 5) is 27.3. The summed E-state index contributed by atoms with van der Waals surface area (Å²) < 4.78 is 40.9. The van der Waals surface area contributed by atoms with Crippen LogP contribution in [0.2, 0.25) is 0 Å². The van der Waals surface area contributed by atoms with Crippen LogP contribution in [-0.2, 0) is 9.47 Å². The summed E-state index contributed by atoms with van der Waals surface area (Å²) in [5.74, 6) is -1.32. The minimum atomic E-state index is -0.673. The summed E-state index contributed by atoms with van der Waals surface area (Å²) in [6.07, 6.45) is 5.29. The van der Waals surface area contributed by atoms with Crippen molar-refractivity contribution in [1.29, 1.82) is 0 Å². The molecule has 10 heteroatoms. The number of hydrogen-bond acceptors (Lipinski definition) is 5. The van der Waals surface area contributed by atoms with Gasteiger partial charge in [0.25, 0.3) is 0 Å². The number of allylic oxidation sites excluding steroid dienone is 1. The largest absolute Gasteiger partial charge is 0.498 e. The fourth-order valence-electron chi connectivity index (χ4n) is 4.90. The molecule has 8 nitrogen and oxygen atoms in total. The first-order valence-electron chi connectivity index (χ1n) is 13.0. The molecule has 37 heavy (non-hydrogen) atoms. The van der Waals surface area contributed by atoms with E-state index in [1.165, 1.54) is 11.0 Å². The molecule has 3 amide bonds. The van der Waals surface area contributed by atoms with Crippen LogP contribution in [0.15, 0.2) is 24.0 Å². The molecule has 0 unspecified atom stereocenters. The Labute approximate surface area is 216 Å². The van der Waals surface area contributed by atoms with Gasteiger partial charge >= 0.3 is 12.1 Å². The number of anilines is 1. The first kappa shape index (κ1) is 27.2. The summed E-state index contributed by atoms with van der Waals surface area (Å²) in [5, 5.41) is 11.7. The van der Waals surface area contributed by atoms with E-state index in [0.717, 1.165) is 37.3 Å². The summed E-state index contributed by atoms with van der Waals surface area (Å²) >= 11 is 0. The molecule has 204 valence electrons. The van der Waals surface area contributed by atoms with Gasteiger partial charge in [-0.2, -0.15) is 0 Å². The predicted octanol–water partition coefficient (Wildman–Crippen LogP) is 5.13. The number of halogens is 2. The molecule has 2 aliphatic heterocycles. The number of carbonyl (C=O) groups excluding carboxylic acids is 2. The van der Waals surface area contributed by atoms with Gasteiger partial charge in [0.1, 0.15) is 23.3 Å². The zero-order valence-electron chi connectivity index (χ0n) is 21.8. The second-order valence-corrected chi connectivity index (χ2v) is 11.2. The van der Waals surface area contributed by atoms with Crippen LogP contribution in [0.3, 0.4) is 0 Å². The lowest BCUT2D eigenvalue weighted by Gasteiger charge is -2.35. The molecule has 3 aliphatic rings. The predicted molar refractivity (Wildman–Crippen MR) is 134 cm³/mol. The van der Waals surface area contributed by atoms with E-state index < -0.39 is 29.4 Å². The van der Waals surface area contributed by atoms with Gasteiger partial charge in [-0.05, 0) is 69.6 Å². The number of amides is 3. The summed E-state index contributed by atoms with van der Waals surface area (Å²) in [5.41, 5.74) is 0.756. The highest BCUT2D eigenvalue weighted by molar-refractivity contribution is 5.90. The summed E-state index contributed by atoms with van der Waals surface area (Å²) in [6, 6.07) is 1.67. The minimum Gasteiger partial charge on any atom is -0.498 e. The summed E-state index contributed by atoms with van der Waals surface area (Å²) in [7, 11) is 0. The molecule has 2 heterocycles. The number of nitrogens with zero attached hydrogens (tertiary/aromatic N) is 2. The SMILES string of the molecule is CC(C)(C)OC(=O)N1CCC(OC=C2CCC(c3cc(F)c(NC(=O)N4CC(O)C4)cc3F)CC2)CC1. The zero-order chi connectivity index (χ0) is 26.7. The number of aliphatic hydroxyl groups is 1. The monoisotopic (exact) mass is 521 g/mol. The number of carbonyl (C=O) groups is 2. The minimum absolute atomic E-state index is 0.0396. The van der Waals surface area contributed by atoms with Crippen LogP contribution in [0.4, 0.5) is 24.1 Å². The number of β-amino-alcohol motifs (C(OH)–C–C–N with tert-alkyl or cyclic N) is 1. The second kappa shape index (κ2) is 11.2. The normalized spacial score (nSPS) is 21.4. The average Bonchev–Trinajstić information content (AvgIpc) is 2.82. The molecule has 0 atom stereocenters. The van der Waals surface area contributed by atoms with Crippen LogP contribution < -0.4 is 5.32 Å². The topological polar surface area (TPSA) is 91.3 Å². The first-order chi connectivity index (χ1) is 17.5. The van der Waals surface area contributed by atoms with Crippen molar-refractivity contribution in [2.24, 2.45) is 0 Å². The Morgan fingerprint density at radius 2 is 1.68 bits per heavy atom. The number of urea groups is 1. The Kier molecular flexibility index (Phi) is 8.26. The lowest BCUT2D eigenvalue weighted by Crippen LogP contribution is -2.54. The van der Waals surface area contributed by atoms with E-state index in [0.29, 0.717) is 31.5 Å². The highest BCUT2D eigenvalue weighted by Crippen LogP contribution is 2.38. The van der Waals surface area contributed by atoms with Gasteiger partial charge in [0.05, 0.1) is 31.1 Å². The van der Waals surface area contributed by atoms with E-state index in [4.69, 9.17) is 9.47 Å². The number of benzene rings is 1. The Balaban J connectivity index is 1.24. The van der Waals surface area contributed by atoms with Crippen LogP contribution in [0.25, 0.3) is 0 Å². The fourth-order valence-corrected chi connectivity index (χ4v) is 4.90. The van der Waals surface area contributed by atoms with Gasteiger partial charge in [0.15, 0.2) is 0 Å². The van der Waals surface area contributed by atoms with E-state index in [1.54, 1.807) is 4.90 Å². The quantitative estimate of drug-likeness (QED) is 0.536. The third kappa shape index (κ3) is 7.12. The molecular formula is C27H37F2N3O5. The van der Waals surface area contributed by atoms with E-state index in [-0.39, 0.29) is 36.9 Å². The lowest BCUT2D eigenvalue weighted by molar-refractivity contribution is 0.00745. The highest BCUT2D eigenvalue weighted by Gasteiger charge is 2.30. The van der Waals surface area contributed by atoms with Crippen LogP contribution in [-0.4, -0.2) is 71.0 Å². The first-order valence-corrected chi connectivity index (χ1v) is 13.0. The highest BCUT2D eigenvalue weighted by atomic mass is 19.1. The van der Waals surface area contributed by atoms with E-state index in [2.05, 4.69) is 5.32 Å². The van der Waals surface area contributed by atoms with E-state index >= 15 is 0 Å². The Bertz CT molecular complexity index is 1020. The maximum Gasteiger partial charge on any atom is 0.410 e. The van der Waals surface area contributed by atoms with E-state index in [9.17, 15) is 23.5 Å². The number of likely N-dealkylation sites (tertiary alicyclic amines) is 2. The molecule has 1 aliphatic carbocycles. The third-order valence-electron chi connectivity index (χ3n) is 7.07. The van der Waals surface area contributed by atoms with E-state index in [1.807, 2.05) is 27.0 Å². The third-order valence-corrected chi connectivity index (χ3v) is 7.07. The zero-order valence-corrected chi connectivity index (χ0v) is 21.8.